The third-order valence-corrected chi connectivity index (χ3v) is 12.6. The lowest BCUT2D eigenvalue weighted by Crippen LogP contribution is -2.46. The summed E-state index contributed by atoms with van der Waals surface area (Å²) in [6.07, 6.45) is 16.2. The Labute approximate surface area is 218 Å². The molecule has 0 aliphatic carbocycles. The second-order valence-electron chi connectivity index (χ2n) is 11.3. The molecular formula is C29H47NO3SSi. The molecule has 2 aromatic rings. The fourth-order valence-electron chi connectivity index (χ4n) is 3.97. The van der Waals surface area contributed by atoms with Crippen molar-refractivity contribution < 1.29 is 14.3 Å². The average molecular weight is 518 g/mol. The topological polar surface area (TPSA) is 59.4 Å². The predicted molar refractivity (Wildman–Crippen MR) is 153 cm³/mol. The minimum absolute atomic E-state index is 0.0336. The van der Waals surface area contributed by atoms with Crippen LogP contribution in [0.3, 0.4) is 0 Å². The summed E-state index contributed by atoms with van der Waals surface area (Å²) in [6.45, 7) is 12.8. The van der Waals surface area contributed by atoms with Crippen molar-refractivity contribution in [2.24, 2.45) is 0 Å². The quantitative estimate of drug-likeness (QED) is 0.137. The number of hydrogen-bond acceptors (Lipinski definition) is 4. The number of thiazole rings is 1. The molecule has 0 amide bonds. The van der Waals surface area contributed by atoms with Crippen LogP contribution < -0.4 is 0 Å². The number of allylic oxidation sites excluding steroid dienone is 2. The number of aryl methyl sites for hydroxylation is 2. The average Bonchev–Trinajstić information content (AvgIpc) is 3.14. The van der Waals surface area contributed by atoms with Gasteiger partial charge in [0.25, 0.3) is 0 Å². The van der Waals surface area contributed by atoms with Crippen molar-refractivity contribution >= 4 is 35.8 Å². The first kappa shape index (κ1) is 29.7. The Bertz CT molecular complexity index is 945. The van der Waals surface area contributed by atoms with Crippen LogP contribution in [0.1, 0.15) is 95.6 Å². The second-order valence-corrected chi connectivity index (χ2v) is 17.3. The smallest absolute Gasteiger partial charge is 0.331 e. The minimum Gasteiger partial charge on any atom is -0.479 e. The lowest BCUT2D eigenvalue weighted by Gasteiger charge is -2.38. The fourth-order valence-corrected chi connectivity index (χ4v) is 6.06. The van der Waals surface area contributed by atoms with Crippen molar-refractivity contribution in [1.82, 2.24) is 4.98 Å². The molecular weight excluding hydrogens is 470 g/mol. The van der Waals surface area contributed by atoms with Crippen LogP contribution in [0, 0.1) is 6.92 Å². The van der Waals surface area contributed by atoms with E-state index in [2.05, 4.69) is 76.1 Å². The standard InChI is InChI=1S/C29H47NO3SSi/c1-23-30-25-22-24(20-21-27(25)34-23)18-16-14-12-10-8-7-9-11-13-15-17-19-26(28(31)32)33-35(5,6)29(2,3)4/h12,14,20-22,26H,7-11,13,15-19H2,1-6H3,(H,31,32). The molecule has 1 atom stereocenters. The number of benzene rings is 1. The fraction of sp³-hybridized carbons (Fsp3) is 0.655. The number of carboxylic acid groups (broad SMARTS) is 1. The highest BCUT2D eigenvalue weighted by atomic mass is 32.1. The zero-order valence-corrected chi connectivity index (χ0v) is 24.7. The number of hydrogen-bond donors (Lipinski definition) is 1. The summed E-state index contributed by atoms with van der Waals surface area (Å²) < 4.78 is 7.42. The van der Waals surface area contributed by atoms with E-state index < -0.39 is 20.4 Å². The lowest BCUT2D eigenvalue weighted by atomic mass is 10.1. The Balaban J connectivity index is 1.49. The summed E-state index contributed by atoms with van der Waals surface area (Å²) in [6, 6.07) is 6.67. The van der Waals surface area contributed by atoms with Gasteiger partial charge in [0, 0.05) is 0 Å². The summed E-state index contributed by atoms with van der Waals surface area (Å²) in [5, 5.41) is 10.7. The number of unbranched alkanes of at least 4 members (excludes halogenated alkanes) is 7. The molecule has 1 unspecified atom stereocenters. The molecule has 0 radical (unpaired) electrons. The molecule has 1 N–H and O–H groups in total. The Morgan fingerprint density at radius 3 is 2.34 bits per heavy atom. The molecule has 0 fully saturated rings. The van der Waals surface area contributed by atoms with Crippen LogP contribution in [0.4, 0.5) is 0 Å². The molecule has 1 aromatic heterocycles. The van der Waals surface area contributed by atoms with Crippen LogP contribution in [0.15, 0.2) is 30.4 Å². The highest BCUT2D eigenvalue weighted by Crippen LogP contribution is 2.37. The van der Waals surface area contributed by atoms with Gasteiger partial charge in [-0.15, -0.1) is 11.3 Å². The first-order valence-corrected chi connectivity index (χ1v) is 17.1. The molecule has 0 aliphatic heterocycles. The Hall–Kier alpha value is -1.50. The Morgan fingerprint density at radius 1 is 1.06 bits per heavy atom. The number of carbonyl (C=O) groups is 1. The maximum atomic E-state index is 11.6. The van der Waals surface area contributed by atoms with E-state index in [0.29, 0.717) is 6.42 Å². The third kappa shape index (κ3) is 10.6. The van der Waals surface area contributed by atoms with E-state index in [9.17, 15) is 9.90 Å². The number of fused-ring (bicyclic) bond motifs is 1. The van der Waals surface area contributed by atoms with Crippen LogP contribution in [0.25, 0.3) is 10.2 Å². The zero-order valence-electron chi connectivity index (χ0n) is 22.9. The van der Waals surface area contributed by atoms with E-state index >= 15 is 0 Å². The molecule has 0 bridgehead atoms. The predicted octanol–water partition coefficient (Wildman–Crippen LogP) is 9.08. The summed E-state index contributed by atoms with van der Waals surface area (Å²) in [4.78, 5) is 16.2. The van der Waals surface area contributed by atoms with Crippen molar-refractivity contribution in [2.75, 3.05) is 0 Å². The van der Waals surface area contributed by atoms with E-state index in [1.54, 1.807) is 11.3 Å². The molecule has 0 aliphatic rings. The molecule has 1 aromatic carbocycles. The molecule has 4 nitrogen and oxygen atoms in total. The monoisotopic (exact) mass is 517 g/mol. The van der Waals surface area contributed by atoms with E-state index in [-0.39, 0.29) is 5.04 Å². The van der Waals surface area contributed by atoms with Gasteiger partial charge in [0.2, 0.25) is 0 Å². The van der Waals surface area contributed by atoms with Gasteiger partial charge in [-0.3, -0.25) is 0 Å². The van der Waals surface area contributed by atoms with E-state index in [4.69, 9.17) is 4.43 Å². The van der Waals surface area contributed by atoms with Crippen molar-refractivity contribution in [3.8, 4) is 0 Å². The summed E-state index contributed by atoms with van der Waals surface area (Å²) in [5.74, 6) is -0.807. The van der Waals surface area contributed by atoms with Gasteiger partial charge in [-0.05, 0) is 74.9 Å². The maximum absolute atomic E-state index is 11.6. The van der Waals surface area contributed by atoms with Gasteiger partial charge in [-0.1, -0.05) is 77.5 Å². The zero-order chi connectivity index (χ0) is 25.9. The third-order valence-electron chi connectivity index (χ3n) is 7.18. The highest BCUT2D eigenvalue weighted by molar-refractivity contribution is 7.18. The van der Waals surface area contributed by atoms with Gasteiger partial charge in [0.05, 0.1) is 15.2 Å². The molecule has 35 heavy (non-hydrogen) atoms. The van der Waals surface area contributed by atoms with Crippen LogP contribution in [-0.2, 0) is 15.6 Å². The van der Waals surface area contributed by atoms with Gasteiger partial charge in [0.15, 0.2) is 8.32 Å². The largest absolute Gasteiger partial charge is 0.479 e. The number of nitrogens with zero attached hydrogens (tertiary/aromatic N) is 1. The second kappa shape index (κ2) is 14.3. The first-order valence-electron chi connectivity index (χ1n) is 13.4. The van der Waals surface area contributed by atoms with Crippen molar-refractivity contribution in [3.05, 3.63) is 40.9 Å². The molecule has 2 rings (SSSR count). The van der Waals surface area contributed by atoms with Crippen LogP contribution in [-0.4, -0.2) is 30.5 Å². The van der Waals surface area contributed by atoms with Crippen molar-refractivity contribution in [2.45, 2.75) is 123 Å². The molecule has 6 heteroatoms. The van der Waals surface area contributed by atoms with Crippen molar-refractivity contribution in [1.29, 1.82) is 0 Å². The molecule has 0 saturated heterocycles. The number of rotatable bonds is 16. The van der Waals surface area contributed by atoms with Crippen molar-refractivity contribution in [3.63, 3.8) is 0 Å². The Morgan fingerprint density at radius 2 is 1.69 bits per heavy atom. The molecule has 0 spiro atoms. The molecule has 1 heterocycles. The van der Waals surface area contributed by atoms with Gasteiger partial charge < -0.3 is 9.53 Å². The minimum atomic E-state index is -2.05. The molecule has 196 valence electrons. The lowest BCUT2D eigenvalue weighted by molar-refractivity contribution is -0.146. The first-order chi connectivity index (χ1) is 16.5. The van der Waals surface area contributed by atoms with Crippen LogP contribution >= 0.6 is 11.3 Å². The van der Waals surface area contributed by atoms with Crippen LogP contribution in [0.2, 0.25) is 18.1 Å². The van der Waals surface area contributed by atoms with E-state index in [1.807, 2.05) is 0 Å². The van der Waals surface area contributed by atoms with E-state index in [0.717, 1.165) is 42.6 Å². The van der Waals surface area contributed by atoms with Crippen LogP contribution in [0.5, 0.6) is 0 Å². The SMILES string of the molecule is Cc1nc2cc(CCC=CCCCCCCCCCC(O[Si](C)(C)C(C)(C)C)C(=O)O)ccc2s1. The number of aliphatic carboxylic acids is 1. The summed E-state index contributed by atoms with van der Waals surface area (Å²) >= 11 is 1.76. The summed E-state index contributed by atoms with van der Waals surface area (Å²) in [5.41, 5.74) is 2.50. The maximum Gasteiger partial charge on any atom is 0.331 e. The van der Waals surface area contributed by atoms with Gasteiger partial charge in [0.1, 0.15) is 6.10 Å². The Kier molecular flexibility index (Phi) is 12.1. The number of aromatic nitrogens is 1. The number of carboxylic acids is 1. The summed E-state index contributed by atoms with van der Waals surface area (Å²) in [7, 11) is -2.05. The highest BCUT2D eigenvalue weighted by Gasteiger charge is 2.40. The van der Waals surface area contributed by atoms with Gasteiger partial charge >= 0.3 is 5.97 Å². The van der Waals surface area contributed by atoms with Gasteiger partial charge in [-0.25, -0.2) is 9.78 Å². The molecule has 0 saturated carbocycles. The van der Waals surface area contributed by atoms with Gasteiger partial charge in [-0.2, -0.15) is 0 Å². The van der Waals surface area contributed by atoms with E-state index in [1.165, 1.54) is 42.4 Å². The normalized spacial score (nSPS) is 13.7.